The monoisotopic (exact) mass is 595 g/mol. The van der Waals surface area contributed by atoms with Gasteiger partial charge in [0.05, 0.1) is 17.1 Å². The van der Waals surface area contributed by atoms with Crippen LogP contribution in [0, 0.1) is 5.41 Å². The highest BCUT2D eigenvalue weighted by Crippen LogP contribution is 2.48. The van der Waals surface area contributed by atoms with Crippen LogP contribution in [0.5, 0.6) is 5.88 Å². The minimum absolute atomic E-state index is 0.0273. The smallest absolute Gasteiger partial charge is 0.268 e. The molecule has 1 saturated heterocycles. The Bertz CT molecular complexity index is 1530. The molecule has 1 N–H and O–H groups in total. The molecule has 220 valence electrons. The van der Waals surface area contributed by atoms with Crippen molar-refractivity contribution in [2.24, 2.45) is 5.41 Å². The second-order valence-electron chi connectivity index (χ2n) is 13.5. The van der Waals surface area contributed by atoms with Crippen molar-refractivity contribution in [3.05, 3.63) is 60.3 Å². The molecule has 1 atom stereocenters. The Morgan fingerprint density at radius 1 is 1.07 bits per heavy atom. The second kappa shape index (κ2) is 10.6. The van der Waals surface area contributed by atoms with E-state index in [2.05, 4.69) is 55.1 Å². The van der Waals surface area contributed by atoms with E-state index in [1.165, 1.54) is 25.0 Å². The minimum atomic E-state index is -4.06. The number of pyridine rings is 1. The number of aromatic nitrogens is 3. The molecule has 1 saturated carbocycles. The highest BCUT2D eigenvalue weighted by atomic mass is 32.2. The maximum atomic E-state index is 13.6. The molecule has 2 fully saturated rings. The van der Waals surface area contributed by atoms with Gasteiger partial charge in [0.25, 0.3) is 15.9 Å². The quantitative estimate of drug-likeness (QED) is 0.302. The number of rotatable bonds is 10. The molecule has 1 aromatic carbocycles. The van der Waals surface area contributed by atoms with E-state index in [0.717, 1.165) is 19.4 Å². The molecule has 11 heteroatoms. The minimum Gasteiger partial charge on any atom is -0.477 e. The normalized spacial score (nSPS) is 19.7. The molecule has 1 unspecified atom stereocenters. The summed E-state index contributed by atoms with van der Waals surface area (Å²) < 4.78 is 35.8. The highest BCUT2D eigenvalue weighted by Gasteiger charge is 2.45. The first-order valence-corrected chi connectivity index (χ1v) is 19.3. The zero-order chi connectivity index (χ0) is 29.6. The van der Waals surface area contributed by atoms with E-state index in [1.54, 1.807) is 41.2 Å². The maximum absolute atomic E-state index is 13.6. The lowest BCUT2D eigenvalue weighted by molar-refractivity contribution is 0.0981. The summed E-state index contributed by atoms with van der Waals surface area (Å²) >= 11 is 0. The molecule has 41 heavy (non-hydrogen) atoms. The molecule has 1 aliphatic carbocycles. The Balaban J connectivity index is 1.47. The third-order valence-corrected chi connectivity index (χ3v) is 12.8. The molecular formula is C30H41N5O4SSi. The van der Waals surface area contributed by atoms with Gasteiger partial charge in [0.2, 0.25) is 5.88 Å². The maximum Gasteiger partial charge on any atom is 0.268 e. The van der Waals surface area contributed by atoms with Crippen molar-refractivity contribution in [3.63, 3.8) is 0 Å². The van der Waals surface area contributed by atoms with E-state index in [1.807, 2.05) is 6.07 Å². The fraction of sp³-hybridized carbons (Fsp3) is 0.500. The number of hydrogen-bond donors (Lipinski definition) is 1. The van der Waals surface area contributed by atoms with E-state index in [-0.39, 0.29) is 16.0 Å². The van der Waals surface area contributed by atoms with Crippen LogP contribution in [0.4, 0.5) is 5.82 Å². The highest BCUT2D eigenvalue weighted by molar-refractivity contribution is 7.90. The number of sulfonamides is 1. The summed E-state index contributed by atoms with van der Waals surface area (Å²) in [5.74, 6) is 0.786. The molecule has 2 aromatic heterocycles. The van der Waals surface area contributed by atoms with Crippen molar-refractivity contribution < 1.29 is 17.9 Å². The molecule has 0 bridgehead atoms. The molecule has 3 heterocycles. The van der Waals surface area contributed by atoms with Gasteiger partial charge in [-0.15, -0.1) is 5.10 Å². The van der Waals surface area contributed by atoms with Crippen LogP contribution < -0.4 is 14.4 Å². The first-order chi connectivity index (χ1) is 19.2. The van der Waals surface area contributed by atoms with Gasteiger partial charge in [-0.05, 0) is 74.8 Å². The van der Waals surface area contributed by atoms with E-state index in [4.69, 9.17) is 9.72 Å². The Kier molecular flexibility index (Phi) is 7.56. The first kappa shape index (κ1) is 29.3. The molecular weight excluding hydrogens is 555 g/mol. The topological polar surface area (TPSA) is 106 Å². The standard InChI is InChI=1S/C30H41N5O4SSi/c1-29(2)20-23(41(4,5)6)21-34(29)27-24(28(36)33-40(37,38)22-10-8-7-9-11-22)12-13-25(31-27)35-18-14-26(32-35)39-19-17-30(3)15-16-30/h7-14,18,23H,15-17,19-21H2,1-6H3,(H,33,36). The summed E-state index contributed by atoms with van der Waals surface area (Å²) in [6.45, 7) is 15.0. The van der Waals surface area contributed by atoms with E-state index >= 15 is 0 Å². The van der Waals surface area contributed by atoms with Crippen LogP contribution in [0.3, 0.4) is 0 Å². The zero-order valence-corrected chi connectivity index (χ0v) is 26.7. The van der Waals surface area contributed by atoms with Gasteiger partial charge < -0.3 is 9.64 Å². The Labute approximate surface area is 244 Å². The fourth-order valence-electron chi connectivity index (χ4n) is 5.36. The average molecular weight is 596 g/mol. The fourth-order valence-corrected chi connectivity index (χ4v) is 8.19. The van der Waals surface area contributed by atoms with Gasteiger partial charge in [-0.1, -0.05) is 44.8 Å². The van der Waals surface area contributed by atoms with Gasteiger partial charge in [0.15, 0.2) is 5.82 Å². The summed E-state index contributed by atoms with van der Waals surface area (Å²) in [5, 5.41) is 4.58. The number of nitrogens with one attached hydrogen (secondary N) is 1. The van der Waals surface area contributed by atoms with Gasteiger partial charge in [-0.3, -0.25) is 4.79 Å². The number of anilines is 1. The summed E-state index contributed by atoms with van der Waals surface area (Å²) in [7, 11) is -5.57. The Morgan fingerprint density at radius 3 is 2.41 bits per heavy atom. The number of benzene rings is 1. The number of carbonyl (C=O) groups is 1. The Hall–Kier alpha value is -3.18. The molecule has 9 nitrogen and oxygen atoms in total. The predicted octanol–water partition coefficient (Wildman–Crippen LogP) is 5.65. The largest absolute Gasteiger partial charge is 0.477 e. The van der Waals surface area contributed by atoms with Gasteiger partial charge in [-0.25, -0.2) is 22.8 Å². The molecule has 3 aromatic rings. The Morgan fingerprint density at radius 2 is 1.78 bits per heavy atom. The summed E-state index contributed by atoms with van der Waals surface area (Å²) in [6, 6.07) is 13.0. The SMILES string of the molecule is CC1(CCOc2ccn(-c3ccc(C(=O)NS(=O)(=O)c4ccccc4)c(N4CC([Si](C)(C)C)CC4(C)C)n3)n2)CC1. The van der Waals surface area contributed by atoms with E-state index < -0.39 is 24.0 Å². The van der Waals surface area contributed by atoms with Crippen LogP contribution in [-0.4, -0.2) is 55.9 Å². The summed E-state index contributed by atoms with van der Waals surface area (Å²) in [6.07, 6.45) is 6.25. The lowest BCUT2D eigenvalue weighted by Gasteiger charge is -2.34. The van der Waals surface area contributed by atoms with Crippen molar-refractivity contribution in [2.45, 2.75) is 82.1 Å². The molecule has 1 amide bonds. The third-order valence-electron chi connectivity index (χ3n) is 8.60. The number of carbonyl (C=O) groups excluding carboxylic acids is 1. The van der Waals surface area contributed by atoms with Crippen LogP contribution in [-0.2, 0) is 10.0 Å². The van der Waals surface area contributed by atoms with Crippen LogP contribution in [0.25, 0.3) is 5.82 Å². The first-order valence-electron chi connectivity index (χ1n) is 14.3. The van der Waals surface area contributed by atoms with Gasteiger partial charge >= 0.3 is 0 Å². The summed E-state index contributed by atoms with van der Waals surface area (Å²) in [4.78, 5) is 20.7. The van der Waals surface area contributed by atoms with Gasteiger partial charge in [0, 0.05) is 32.4 Å². The average Bonchev–Trinajstić information content (AvgIpc) is 3.29. The van der Waals surface area contributed by atoms with E-state index in [9.17, 15) is 13.2 Å². The molecule has 1 aliphatic heterocycles. The summed E-state index contributed by atoms with van der Waals surface area (Å²) in [5.41, 5.74) is 0.824. The third kappa shape index (κ3) is 6.51. The van der Waals surface area contributed by atoms with Crippen LogP contribution in [0.1, 0.15) is 56.8 Å². The molecule has 5 rings (SSSR count). The van der Waals surface area contributed by atoms with Crippen molar-refractivity contribution in [3.8, 4) is 11.7 Å². The molecule has 0 radical (unpaired) electrons. The number of ether oxygens (including phenoxy) is 1. The van der Waals surface area contributed by atoms with E-state index in [0.29, 0.717) is 35.1 Å². The number of nitrogens with zero attached hydrogens (tertiary/aromatic N) is 4. The number of hydrogen-bond acceptors (Lipinski definition) is 7. The second-order valence-corrected chi connectivity index (χ2v) is 20.7. The predicted molar refractivity (Wildman–Crippen MR) is 163 cm³/mol. The molecule has 0 spiro atoms. The van der Waals surface area contributed by atoms with Gasteiger partial charge in [0.1, 0.15) is 5.82 Å². The molecule has 2 aliphatic rings. The lowest BCUT2D eigenvalue weighted by atomic mass is 10.0. The van der Waals surface area contributed by atoms with Crippen molar-refractivity contribution in [1.82, 2.24) is 19.5 Å². The van der Waals surface area contributed by atoms with Crippen molar-refractivity contribution in [2.75, 3.05) is 18.1 Å². The van der Waals surface area contributed by atoms with Crippen LogP contribution >= 0.6 is 0 Å². The van der Waals surface area contributed by atoms with Crippen molar-refractivity contribution in [1.29, 1.82) is 0 Å². The lowest BCUT2D eigenvalue weighted by Crippen LogP contribution is -2.41. The van der Waals surface area contributed by atoms with Gasteiger partial charge in [-0.2, -0.15) is 0 Å². The zero-order valence-electron chi connectivity index (χ0n) is 24.8. The van der Waals surface area contributed by atoms with Crippen LogP contribution in [0.2, 0.25) is 25.2 Å². The number of amides is 1. The van der Waals surface area contributed by atoms with Crippen molar-refractivity contribution >= 4 is 29.8 Å². The van der Waals surface area contributed by atoms with Crippen LogP contribution in [0.15, 0.2) is 59.6 Å².